The van der Waals surface area contributed by atoms with Crippen LogP contribution in [0.5, 0.6) is 0 Å². The summed E-state index contributed by atoms with van der Waals surface area (Å²) in [6.07, 6.45) is -3.15. The van der Waals surface area contributed by atoms with Crippen LogP contribution in [0.2, 0.25) is 0 Å². The van der Waals surface area contributed by atoms with Crippen LogP contribution in [0.3, 0.4) is 0 Å². The van der Waals surface area contributed by atoms with Crippen molar-refractivity contribution in [2.75, 3.05) is 5.73 Å². The van der Waals surface area contributed by atoms with Gasteiger partial charge in [0.15, 0.2) is 5.01 Å². The Morgan fingerprint density at radius 2 is 2.00 bits per heavy atom. The number of nitrogen functional groups attached to an aromatic ring is 1. The summed E-state index contributed by atoms with van der Waals surface area (Å²) in [6.45, 7) is 1.81. The third kappa shape index (κ3) is 2.41. The number of nitrogens with two attached hydrogens (primary N) is 1. The molecule has 0 radical (unpaired) electrons. The molecule has 2 aromatic rings. The van der Waals surface area contributed by atoms with Crippen LogP contribution in [0, 0.1) is 6.92 Å². The first-order chi connectivity index (χ1) is 7.88. The van der Waals surface area contributed by atoms with Gasteiger partial charge < -0.3 is 5.73 Å². The Kier molecular flexibility index (Phi) is 2.82. The summed E-state index contributed by atoms with van der Waals surface area (Å²) in [5.74, 6) is 0. The zero-order chi connectivity index (χ0) is 12.6. The van der Waals surface area contributed by atoms with Crippen LogP contribution in [0.25, 0.3) is 10.4 Å². The molecule has 1 aromatic carbocycles. The molecule has 2 N–H and O–H groups in total. The van der Waals surface area contributed by atoms with Gasteiger partial charge in [0.05, 0.1) is 4.88 Å². The van der Waals surface area contributed by atoms with Gasteiger partial charge in [0.1, 0.15) is 0 Å². The maximum absolute atomic E-state index is 12.4. The Labute approximate surface area is 99.9 Å². The second-order valence-electron chi connectivity index (χ2n) is 3.60. The number of aryl methyl sites for hydroxylation is 1. The number of benzene rings is 1. The van der Waals surface area contributed by atoms with Crippen molar-refractivity contribution in [3.63, 3.8) is 0 Å². The Balaban J connectivity index is 2.40. The Bertz CT molecular complexity index is 546. The molecule has 0 saturated heterocycles. The fourth-order valence-electron chi connectivity index (χ4n) is 1.37. The van der Waals surface area contributed by atoms with E-state index in [1.807, 2.05) is 6.92 Å². The summed E-state index contributed by atoms with van der Waals surface area (Å²) in [7, 11) is 0. The van der Waals surface area contributed by atoms with Crippen LogP contribution in [0.4, 0.5) is 18.9 Å². The fourth-order valence-corrected chi connectivity index (χ4v) is 2.15. The Morgan fingerprint density at radius 3 is 2.53 bits per heavy atom. The van der Waals surface area contributed by atoms with Crippen LogP contribution in [0.15, 0.2) is 24.4 Å². The number of hydrogen-bond acceptors (Lipinski definition) is 3. The minimum Gasteiger partial charge on any atom is -0.399 e. The lowest BCUT2D eigenvalue weighted by atomic mass is 10.1. The molecule has 0 spiro atoms. The van der Waals surface area contributed by atoms with Gasteiger partial charge in [0.2, 0.25) is 0 Å². The SMILES string of the molecule is Cc1cc(-c2cnc(C(F)(F)F)s2)ccc1N. The molecule has 0 aliphatic heterocycles. The van der Waals surface area contributed by atoms with Crippen molar-refractivity contribution in [3.05, 3.63) is 35.0 Å². The molecule has 0 aliphatic carbocycles. The molecule has 6 heteroatoms. The van der Waals surface area contributed by atoms with E-state index in [-0.39, 0.29) is 0 Å². The average Bonchev–Trinajstić information content (AvgIpc) is 2.70. The zero-order valence-corrected chi connectivity index (χ0v) is 9.69. The first kappa shape index (κ1) is 11.9. The number of thiazole rings is 1. The zero-order valence-electron chi connectivity index (χ0n) is 8.88. The molecule has 0 fully saturated rings. The normalized spacial score (nSPS) is 11.8. The molecule has 0 amide bonds. The van der Waals surface area contributed by atoms with Gasteiger partial charge in [0.25, 0.3) is 0 Å². The van der Waals surface area contributed by atoms with Crippen molar-refractivity contribution in [1.82, 2.24) is 4.98 Å². The Morgan fingerprint density at radius 1 is 1.29 bits per heavy atom. The number of nitrogens with zero attached hydrogens (tertiary/aromatic N) is 1. The molecule has 90 valence electrons. The second kappa shape index (κ2) is 4.03. The van der Waals surface area contributed by atoms with Crippen molar-refractivity contribution in [1.29, 1.82) is 0 Å². The summed E-state index contributed by atoms with van der Waals surface area (Å²) in [6, 6.07) is 5.12. The molecule has 2 rings (SSSR count). The highest BCUT2D eigenvalue weighted by molar-refractivity contribution is 7.15. The predicted molar refractivity (Wildman–Crippen MR) is 61.7 cm³/mol. The molecule has 1 heterocycles. The molecular weight excluding hydrogens is 249 g/mol. The van der Waals surface area contributed by atoms with Gasteiger partial charge in [-0.25, -0.2) is 4.98 Å². The fraction of sp³-hybridized carbons (Fsp3) is 0.182. The van der Waals surface area contributed by atoms with Crippen molar-refractivity contribution in [3.8, 4) is 10.4 Å². The van der Waals surface area contributed by atoms with E-state index in [2.05, 4.69) is 4.98 Å². The smallest absolute Gasteiger partial charge is 0.399 e. The van der Waals surface area contributed by atoms with E-state index in [0.29, 0.717) is 27.5 Å². The van der Waals surface area contributed by atoms with Crippen LogP contribution >= 0.6 is 11.3 Å². The largest absolute Gasteiger partial charge is 0.443 e. The molecule has 0 saturated carbocycles. The summed E-state index contributed by atoms with van der Waals surface area (Å²) < 4.78 is 37.2. The standard InChI is InChI=1S/C11H9F3N2S/c1-6-4-7(2-3-8(6)15)9-5-16-10(17-9)11(12,13)14/h2-5H,15H2,1H3. The number of alkyl halides is 3. The molecule has 0 aliphatic rings. The van der Waals surface area contributed by atoms with E-state index >= 15 is 0 Å². The van der Waals surface area contributed by atoms with Crippen LogP contribution in [-0.4, -0.2) is 4.98 Å². The van der Waals surface area contributed by atoms with Gasteiger partial charge in [0, 0.05) is 11.9 Å². The van der Waals surface area contributed by atoms with Gasteiger partial charge >= 0.3 is 6.18 Å². The van der Waals surface area contributed by atoms with Crippen molar-refractivity contribution < 1.29 is 13.2 Å². The lowest BCUT2D eigenvalue weighted by molar-refractivity contribution is -0.137. The van der Waals surface area contributed by atoms with Crippen LogP contribution in [0.1, 0.15) is 10.6 Å². The second-order valence-corrected chi connectivity index (χ2v) is 4.63. The molecule has 1 aromatic heterocycles. The van der Waals surface area contributed by atoms with Gasteiger partial charge in [-0.3, -0.25) is 0 Å². The lowest BCUT2D eigenvalue weighted by Gasteiger charge is -2.02. The predicted octanol–water partition coefficient (Wildman–Crippen LogP) is 3.72. The molecule has 2 nitrogen and oxygen atoms in total. The van der Waals surface area contributed by atoms with Crippen molar-refractivity contribution in [2.24, 2.45) is 0 Å². The van der Waals surface area contributed by atoms with Crippen molar-refractivity contribution in [2.45, 2.75) is 13.1 Å². The summed E-state index contributed by atoms with van der Waals surface area (Å²) in [5.41, 5.74) is 7.81. The van der Waals surface area contributed by atoms with E-state index in [4.69, 9.17) is 5.73 Å². The maximum atomic E-state index is 12.4. The summed E-state index contributed by atoms with van der Waals surface area (Å²) in [4.78, 5) is 3.86. The first-order valence-electron chi connectivity index (χ1n) is 4.77. The highest BCUT2D eigenvalue weighted by Gasteiger charge is 2.34. The van der Waals surface area contributed by atoms with Gasteiger partial charge in [-0.15, -0.1) is 11.3 Å². The van der Waals surface area contributed by atoms with E-state index in [1.165, 1.54) is 6.20 Å². The van der Waals surface area contributed by atoms with Gasteiger partial charge in [-0.1, -0.05) is 6.07 Å². The number of aromatic nitrogens is 1. The number of halogens is 3. The molecule has 17 heavy (non-hydrogen) atoms. The molecule has 0 bridgehead atoms. The first-order valence-corrected chi connectivity index (χ1v) is 5.59. The van der Waals surface area contributed by atoms with Crippen molar-refractivity contribution >= 4 is 17.0 Å². The Hall–Kier alpha value is -1.56. The quantitative estimate of drug-likeness (QED) is 0.792. The lowest BCUT2D eigenvalue weighted by Crippen LogP contribution is -2.02. The van der Waals surface area contributed by atoms with E-state index in [0.717, 1.165) is 5.56 Å². The van der Waals surface area contributed by atoms with E-state index in [9.17, 15) is 13.2 Å². The van der Waals surface area contributed by atoms with Gasteiger partial charge in [-0.2, -0.15) is 13.2 Å². The van der Waals surface area contributed by atoms with Crippen LogP contribution in [-0.2, 0) is 6.18 Å². The third-order valence-electron chi connectivity index (χ3n) is 2.30. The molecule has 0 atom stereocenters. The number of rotatable bonds is 1. The minimum absolute atomic E-state index is 0.487. The average molecular weight is 258 g/mol. The number of anilines is 1. The van der Waals surface area contributed by atoms with E-state index in [1.54, 1.807) is 18.2 Å². The van der Waals surface area contributed by atoms with Gasteiger partial charge in [-0.05, 0) is 30.2 Å². The van der Waals surface area contributed by atoms with E-state index < -0.39 is 11.2 Å². The molecular formula is C11H9F3N2S. The minimum atomic E-state index is -4.38. The van der Waals surface area contributed by atoms with Crippen LogP contribution < -0.4 is 5.73 Å². The number of hydrogen-bond donors (Lipinski definition) is 1. The maximum Gasteiger partial charge on any atom is 0.443 e. The third-order valence-corrected chi connectivity index (χ3v) is 3.39. The summed E-state index contributed by atoms with van der Waals surface area (Å²) >= 11 is 0.631. The monoisotopic (exact) mass is 258 g/mol. The molecule has 0 unspecified atom stereocenters. The topological polar surface area (TPSA) is 38.9 Å². The highest BCUT2D eigenvalue weighted by Crippen LogP contribution is 2.36. The summed E-state index contributed by atoms with van der Waals surface area (Å²) in [5, 5.41) is -0.832. The highest BCUT2D eigenvalue weighted by atomic mass is 32.1.